The second kappa shape index (κ2) is 8.81. The predicted octanol–water partition coefficient (Wildman–Crippen LogP) is 3.16. The molecule has 106 valence electrons. The topological polar surface area (TPSA) is 33.6 Å². The number of aliphatic imine (C=N–C) groups is 1. The summed E-state index contributed by atoms with van der Waals surface area (Å²) in [6.45, 7) is 11.4. The van der Waals surface area contributed by atoms with Crippen molar-refractivity contribution < 1.29 is 4.74 Å². The number of hydrogen-bond acceptors (Lipinski definition) is 3. The van der Waals surface area contributed by atoms with E-state index in [9.17, 15) is 0 Å². The maximum absolute atomic E-state index is 5.55. The molecule has 1 rings (SSSR count). The van der Waals surface area contributed by atoms with E-state index in [1.165, 1.54) is 12.2 Å². The molecular formula is C14H28N2OS. The van der Waals surface area contributed by atoms with Gasteiger partial charge in [0, 0.05) is 31.6 Å². The predicted molar refractivity (Wildman–Crippen MR) is 81.4 cm³/mol. The van der Waals surface area contributed by atoms with Crippen molar-refractivity contribution >= 4 is 16.9 Å². The Hall–Kier alpha value is -0.220. The van der Waals surface area contributed by atoms with E-state index >= 15 is 0 Å². The minimum absolute atomic E-state index is 0.599. The van der Waals surface area contributed by atoms with Crippen LogP contribution in [0.5, 0.6) is 0 Å². The van der Waals surface area contributed by atoms with Gasteiger partial charge in [-0.2, -0.15) is 0 Å². The van der Waals surface area contributed by atoms with E-state index in [1.807, 2.05) is 11.8 Å². The van der Waals surface area contributed by atoms with Crippen molar-refractivity contribution in [3.8, 4) is 0 Å². The Morgan fingerprint density at radius 3 is 2.83 bits per heavy atom. The Morgan fingerprint density at radius 2 is 2.17 bits per heavy atom. The summed E-state index contributed by atoms with van der Waals surface area (Å²) in [7, 11) is 0. The number of nitrogens with one attached hydrogen (secondary N) is 1. The zero-order valence-corrected chi connectivity index (χ0v) is 13.1. The second-order valence-electron chi connectivity index (χ2n) is 5.64. The normalized spacial score (nSPS) is 22.8. The van der Waals surface area contributed by atoms with Gasteiger partial charge in [-0.25, -0.2) is 0 Å². The number of nitrogens with zero attached hydrogens (tertiary/aromatic N) is 1. The van der Waals surface area contributed by atoms with Crippen LogP contribution in [0.3, 0.4) is 0 Å². The molecule has 18 heavy (non-hydrogen) atoms. The lowest BCUT2D eigenvalue weighted by atomic mass is 10.0. The molecule has 1 N–H and O–H groups in total. The van der Waals surface area contributed by atoms with Gasteiger partial charge in [-0.3, -0.25) is 4.99 Å². The molecule has 3 nitrogen and oxygen atoms in total. The summed E-state index contributed by atoms with van der Waals surface area (Å²) in [6.07, 6.45) is 2.27. The summed E-state index contributed by atoms with van der Waals surface area (Å²) in [5.74, 6) is 2.50. The van der Waals surface area contributed by atoms with Crippen molar-refractivity contribution in [2.24, 2.45) is 16.8 Å². The quantitative estimate of drug-likeness (QED) is 0.723. The zero-order chi connectivity index (χ0) is 13.4. The number of thioether (sulfide) groups is 1. The Bertz CT molecular complexity index is 254. The smallest absolute Gasteiger partial charge is 0.156 e. The third kappa shape index (κ3) is 6.64. The fraction of sp³-hybridized carbons (Fsp3) is 0.929. The highest BCUT2D eigenvalue weighted by molar-refractivity contribution is 8.13. The first-order chi connectivity index (χ1) is 8.59. The van der Waals surface area contributed by atoms with E-state index in [-0.39, 0.29) is 0 Å². The van der Waals surface area contributed by atoms with Crippen LogP contribution in [0.4, 0.5) is 0 Å². The highest BCUT2D eigenvalue weighted by Crippen LogP contribution is 2.18. The molecule has 0 radical (unpaired) electrons. The molecule has 0 aromatic heterocycles. The first kappa shape index (κ1) is 15.8. The van der Waals surface area contributed by atoms with Crippen LogP contribution >= 0.6 is 11.8 Å². The highest BCUT2D eigenvalue weighted by atomic mass is 32.2. The molecule has 1 aliphatic heterocycles. The van der Waals surface area contributed by atoms with Crippen LogP contribution in [0.25, 0.3) is 0 Å². The maximum atomic E-state index is 5.55. The van der Waals surface area contributed by atoms with Crippen LogP contribution < -0.4 is 5.32 Å². The van der Waals surface area contributed by atoms with Gasteiger partial charge >= 0.3 is 0 Å². The molecule has 4 heteroatoms. The Labute approximate surface area is 116 Å². The average Bonchev–Trinajstić information content (AvgIpc) is 2.33. The highest BCUT2D eigenvalue weighted by Gasteiger charge is 2.19. The molecule has 0 aromatic rings. The fourth-order valence-corrected chi connectivity index (χ4v) is 2.79. The van der Waals surface area contributed by atoms with Crippen LogP contribution in [0.1, 0.15) is 40.5 Å². The van der Waals surface area contributed by atoms with Gasteiger partial charge in [0.2, 0.25) is 0 Å². The number of hydrogen-bond donors (Lipinski definition) is 1. The average molecular weight is 272 g/mol. The summed E-state index contributed by atoms with van der Waals surface area (Å²) in [5, 5.41) is 4.66. The summed E-state index contributed by atoms with van der Waals surface area (Å²) in [5.41, 5.74) is 0. The number of ether oxygens (including phenoxy) is 1. The maximum Gasteiger partial charge on any atom is 0.156 e. The first-order valence-corrected chi connectivity index (χ1v) is 8.09. The number of rotatable bonds is 7. The minimum atomic E-state index is 0.599. The van der Waals surface area contributed by atoms with Gasteiger partial charge in [0.15, 0.2) is 5.17 Å². The molecular weight excluding hydrogens is 244 g/mol. The molecule has 0 aliphatic carbocycles. The minimum Gasteiger partial charge on any atom is -0.381 e. The van der Waals surface area contributed by atoms with E-state index in [4.69, 9.17) is 4.74 Å². The van der Waals surface area contributed by atoms with Gasteiger partial charge in [0.05, 0.1) is 0 Å². The lowest BCUT2D eigenvalue weighted by Crippen LogP contribution is -2.41. The third-order valence-electron chi connectivity index (χ3n) is 2.93. The summed E-state index contributed by atoms with van der Waals surface area (Å²) < 4.78 is 5.55. The molecule has 0 amide bonds. The SMILES string of the molecule is CC(C)COCCCN=C1NC(C(C)C)CCS1. The van der Waals surface area contributed by atoms with E-state index in [0.717, 1.165) is 31.3 Å². The summed E-state index contributed by atoms with van der Waals surface area (Å²) >= 11 is 1.85. The van der Waals surface area contributed by atoms with Crippen molar-refractivity contribution in [3.63, 3.8) is 0 Å². The van der Waals surface area contributed by atoms with Gasteiger partial charge in [0.1, 0.15) is 0 Å². The standard InChI is InChI=1S/C14H28N2OS/c1-11(2)10-17-8-5-7-15-14-16-13(12(3)4)6-9-18-14/h11-13H,5-10H2,1-4H3,(H,15,16). The van der Waals surface area contributed by atoms with Crippen molar-refractivity contribution in [2.45, 2.75) is 46.6 Å². The van der Waals surface area contributed by atoms with Gasteiger partial charge in [-0.15, -0.1) is 0 Å². The van der Waals surface area contributed by atoms with Gasteiger partial charge < -0.3 is 10.1 Å². The van der Waals surface area contributed by atoms with E-state index in [2.05, 4.69) is 38.0 Å². The monoisotopic (exact) mass is 272 g/mol. The van der Waals surface area contributed by atoms with Crippen molar-refractivity contribution in [1.82, 2.24) is 5.32 Å². The molecule has 1 heterocycles. The van der Waals surface area contributed by atoms with E-state index < -0.39 is 0 Å². The zero-order valence-electron chi connectivity index (χ0n) is 12.2. The third-order valence-corrected chi connectivity index (χ3v) is 3.89. The molecule has 1 aliphatic rings. The molecule has 0 spiro atoms. The number of amidine groups is 1. The van der Waals surface area contributed by atoms with Crippen molar-refractivity contribution in [2.75, 3.05) is 25.5 Å². The van der Waals surface area contributed by atoms with Gasteiger partial charge in [-0.05, 0) is 24.7 Å². The van der Waals surface area contributed by atoms with E-state index in [0.29, 0.717) is 17.9 Å². The largest absolute Gasteiger partial charge is 0.381 e. The van der Waals surface area contributed by atoms with E-state index in [1.54, 1.807) is 0 Å². The van der Waals surface area contributed by atoms with Gasteiger partial charge in [0.25, 0.3) is 0 Å². The Balaban J connectivity index is 2.14. The first-order valence-electron chi connectivity index (χ1n) is 7.11. The van der Waals surface area contributed by atoms with Crippen molar-refractivity contribution in [3.05, 3.63) is 0 Å². The molecule has 1 saturated heterocycles. The molecule has 0 saturated carbocycles. The van der Waals surface area contributed by atoms with Crippen LogP contribution in [-0.2, 0) is 4.74 Å². The van der Waals surface area contributed by atoms with Crippen LogP contribution in [0.15, 0.2) is 4.99 Å². The summed E-state index contributed by atoms with van der Waals surface area (Å²) in [6, 6.07) is 0.599. The fourth-order valence-electron chi connectivity index (χ4n) is 1.81. The van der Waals surface area contributed by atoms with Crippen LogP contribution in [-0.4, -0.2) is 36.7 Å². The van der Waals surface area contributed by atoms with Crippen LogP contribution in [0, 0.1) is 11.8 Å². The Morgan fingerprint density at radius 1 is 1.39 bits per heavy atom. The lowest BCUT2D eigenvalue weighted by molar-refractivity contribution is 0.109. The summed E-state index contributed by atoms with van der Waals surface area (Å²) in [4.78, 5) is 4.62. The van der Waals surface area contributed by atoms with Gasteiger partial charge in [-0.1, -0.05) is 39.5 Å². The molecule has 1 atom stereocenters. The Kier molecular flexibility index (Phi) is 7.75. The molecule has 0 bridgehead atoms. The molecule has 1 fully saturated rings. The van der Waals surface area contributed by atoms with Crippen LogP contribution in [0.2, 0.25) is 0 Å². The second-order valence-corrected chi connectivity index (χ2v) is 6.72. The molecule has 0 aromatic carbocycles. The lowest BCUT2D eigenvalue weighted by Gasteiger charge is -2.28. The van der Waals surface area contributed by atoms with Crippen molar-refractivity contribution in [1.29, 1.82) is 0 Å². The molecule has 1 unspecified atom stereocenters.